The number of aliphatic hydroxyl groups excluding tert-OH is 1. The van der Waals surface area contributed by atoms with Gasteiger partial charge in [0.05, 0.1) is 7.11 Å². The molecule has 1 atom stereocenters. The molecule has 1 unspecified atom stereocenters. The average molecular weight is 435 g/mol. The molecule has 2 fully saturated rings. The van der Waals surface area contributed by atoms with Gasteiger partial charge < -0.3 is 29.7 Å². The van der Waals surface area contributed by atoms with Gasteiger partial charge in [-0.1, -0.05) is 13.0 Å². The second-order valence-corrected chi connectivity index (χ2v) is 8.35. The molecule has 0 spiro atoms. The molecule has 8 nitrogen and oxygen atoms in total. The Kier molecular flexibility index (Phi) is 9.39. The predicted octanol–water partition coefficient (Wildman–Crippen LogP) is 0.784. The van der Waals surface area contributed by atoms with Crippen molar-refractivity contribution in [3.63, 3.8) is 0 Å². The van der Waals surface area contributed by atoms with E-state index in [1.54, 1.807) is 7.11 Å². The summed E-state index contributed by atoms with van der Waals surface area (Å²) >= 11 is 0. The van der Waals surface area contributed by atoms with Gasteiger partial charge in [0.1, 0.15) is 12.7 Å². The fraction of sp³-hybridized carbons (Fsp3) is 0.696. The molecule has 1 aromatic rings. The molecule has 3 rings (SSSR count). The van der Waals surface area contributed by atoms with Crippen LogP contribution in [0.3, 0.4) is 0 Å². The van der Waals surface area contributed by atoms with Crippen molar-refractivity contribution in [2.75, 3.05) is 72.6 Å². The number of ether oxygens (including phenoxy) is 2. The van der Waals surface area contributed by atoms with Crippen LogP contribution in [-0.4, -0.2) is 104 Å². The second kappa shape index (κ2) is 12.2. The van der Waals surface area contributed by atoms with Crippen LogP contribution >= 0.6 is 0 Å². The fourth-order valence-corrected chi connectivity index (χ4v) is 4.15. The lowest BCUT2D eigenvalue weighted by atomic mass is 10.2. The molecule has 0 aromatic heterocycles. The molecule has 0 aliphatic carbocycles. The zero-order valence-corrected chi connectivity index (χ0v) is 19.0. The number of likely N-dealkylation sites (N-methyl/N-ethyl adjacent to an activating group) is 1. The van der Waals surface area contributed by atoms with Crippen LogP contribution in [0.4, 0.5) is 0 Å². The third kappa shape index (κ3) is 7.35. The highest BCUT2D eigenvalue weighted by Crippen LogP contribution is 2.28. The van der Waals surface area contributed by atoms with Crippen molar-refractivity contribution in [1.29, 1.82) is 0 Å². The molecular formula is C23H38N4O4. The Labute approximate surface area is 186 Å². The van der Waals surface area contributed by atoms with Gasteiger partial charge in [-0.25, -0.2) is 0 Å². The van der Waals surface area contributed by atoms with Crippen LogP contribution in [0.15, 0.2) is 18.2 Å². The Morgan fingerprint density at radius 3 is 2.58 bits per heavy atom. The first-order chi connectivity index (χ1) is 15.1. The van der Waals surface area contributed by atoms with Gasteiger partial charge in [0.2, 0.25) is 5.91 Å². The molecule has 1 aromatic carbocycles. The normalized spacial score (nSPS) is 19.1. The highest BCUT2D eigenvalue weighted by molar-refractivity contribution is 5.78. The first-order valence-corrected chi connectivity index (χ1v) is 11.5. The highest BCUT2D eigenvalue weighted by Gasteiger charge is 2.20. The minimum absolute atomic E-state index is 0.242. The molecule has 2 aliphatic heterocycles. The summed E-state index contributed by atoms with van der Waals surface area (Å²) in [6, 6.07) is 5.86. The summed E-state index contributed by atoms with van der Waals surface area (Å²) in [7, 11) is 1.63. The molecule has 0 radical (unpaired) electrons. The minimum Gasteiger partial charge on any atom is -0.493 e. The minimum atomic E-state index is -0.535. The zero-order chi connectivity index (χ0) is 22.1. The van der Waals surface area contributed by atoms with Crippen LogP contribution in [0.2, 0.25) is 0 Å². The van der Waals surface area contributed by atoms with Gasteiger partial charge in [-0.3, -0.25) is 9.69 Å². The third-order valence-corrected chi connectivity index (χ3v) is 6.10. The Bertz CT molecular complexity index is 694. The molecule has 2 saturated heterocycles. The smallest absolute Gasteiger partial charge is 0.222 e. The van der Waals surface area contributed by atoms with Crippen LogP contribution < -0.4 is 14.8 Å². The first kappa shape index (κ1) is 23.8. The molecule has 8 heteroatoms. The van der Waals surface area contributed by atoms with E-state index in [1.165, 1.54) is 0 Å². The lowest BCUT2D eigenvalue weighted by Gasteiger charge is -2.34. The van der Waals surface area contributed by atoms with Crippen molar-refractivity contribution in [2.24, 2.45) is 0 Å². The van der Waals surface area contributed by atoms with Gasteiger partial charge in [-0.05, 0) is 30.7 Å². The van der Waals surface area contributed by atoms with Crippen LogP contribution in [0.1, 0.15) is 25.3 Å². The fourth-order valence-electron chi connectivity index (χ4n) is 4.15. The van der Waals surface area contributed by atoms with Crippen molar-refractivity contribution in [3.8, 4) is 11.5 Å². The van der Waals surface area contributed by atoms with Gasteiger partial charge in [0.15, 0.2) is 11.5 Å². The Hall–Kier alpha value is -1.87. The summed E-state index contributed by atoms with van der Waals surface area (Å²) in [6.07, 6.45) is 1.12. The van der Waals surface area contributed by atoms with E-state index in [9.17, 15) is 9.90 Å². The molecule has 0 saturated carbocycles. The predicted molar refractivity (Wildman–Crippen MR) is 121 cm³/mol. The van der Waals surface area contributed by atoms with Crippen LogP contribution in [0.25, 0.3) is 0 Å². The van der Waals surface area contributed by atoms with Crippen molar-refractivity contribution in [2.45, 2.75) is 32.4 Å². The maximum atomic E-state index is 11.7. The summed E-state index contributed by atoms with van der Waals surface area (Å²) in [5.74, 6) is 1.57. The number of rotatable bonds is 12. The Balaban J connectivity index is 1.39. The molecule has 2 heterocycles. The number of amides is 1. The van der Waals surface area contributed by atoms with Gasteiger partial charge in [0.25, 0.3) is 0 Å². The number of piperazine rings is 1. The standard InChI is InChI=1S/C23H38N4O4/c1-3-25-11-13-26(14-12-25)17-20(28)18-31-21-7-6-19(15-22(21)30-2)16-24-8-10-27-9-4-5-23(27)29/h6-7,15,20,24,28H,3-5,8-14,16-18H2,1-2H3. The number of hydrogen-bond acceptors (Lipinski definition) is 7. The number of nitrogens with zero attached hydrogens (tertiary/aromatic N) is 3. The number of likely N-dealkylation sites (tertiary alicyclic amines) is 1. The first-order valence-electron chi connectivity index (χ1n) is 11.5. The summed E-state index contributed by atoms with van der Waals surface area (Å²) in [5.41, 5.74) is 1.09. The van der Waals surface area contributed by atoms with Crippen LogP contribution in [0.5, 0.6) is 11.5 Å². The molecular weight excluding hydrogens is 396 g/mol. The van der Waals surface area contributed by atoms with Crippen molar-refractivity contribution in [1.82, 2.24) is 20.0 Å². The van der Waals surface area contributed by atoms with E-state index < -0.39 is 6.10 Å². The highest BCUT2D eigenvalue weighted by atomic mass is 16.5. The number of carbonyl (C=O) groups excluding carboxylic acids is 1. The largest absolute Gasteiger partial charge is 0.493 e. The van der Waals surface area contributed by atoms with E-state index in [0.29, 0.717) is 31.0 Å². The SMILES string of the molecule is CCN1CCN(CC(O)COc2ccc(CNCCN3CCCC3=O)cc2OC)CC1. The molecule has 2 N–H and O–H groups in total. The van der Waals surface area contributed by atoms with E-state index in [1.807, 2.05) is 23.1 Å². The maximum Gasteiger partial charge on any atom is 0.222 e. The number of carbonyl (C=O) groups is 1. The average Bonchev–Trinajstić information content (AvgIpc) is 3.20. The van der Waals surface area contributed by atoms with Crippen molar-refractivity contribution >= 4 is 5.91 Å². The van der Waals surface area contributed by atoms with Gasteiger partial charge in [0, 0.05) is 65.3 Å². The van der Waals surface area contributed by atoms with Crippen molar-refractivity contribution in [3.05, 3.63) is 23.8 Å². The van der Waals surface area contributed by atoms with Crippen LogP contribution in [-0.2, 0) is 11.3 Å². The number of benzene rings is 1. The number of methoxy groups -OCH3 is 1. The molecule has 31 heavy (non-hydrogen) atoms. The Morgan fingerprint density at radius 2 is 1.90 bits per heavy atom. The topological polar surface area (TPSA) is 77.5 Å². The van der Waals surface area contributed by atoms with E-state index in [0.717, 1.165) is 64.3 Å². The molecule has 174 valence electrons. The Morgan fingerprint density at radius 1 is 1.13 bits per heavy atom. The number of aliphatic hydroxyl groups is 1. The van der Waals surface area contributed by atoms with Gasteiger partial charge in [-0.15, -0.1) is 0 Å². The number of hydrogen-bond donors (Lipinski definition) is 2. The maximum absolute atomic E-state index is 11.7. The molecule has 1 amide bonds. The lowest BCUT2D eigenvalue weighted by Crippen LogP contribution is -2.49. The second-order valence-electron chi connectivity index (χ2n) is 8.35. The zero-order valence-electron chi connectivity index (χ0n) is 19.0. The quantitative estimate of drug-likeness (QED) is 0.471. The van der Waals surface area contributed by atoms with E-state index >= 15 is 0 Å². The summed E-state index contributed by atoms with van der Waals surface area (Å²) < 4.78 is 11.3. The van der Waals surface area contributed by atoms with Crippen molar-refractivity contribution < 1.29 is 19.4 Å². The number of nitrogens with one attached hydrogen (secondary N) is 1. The lowest BCUT2D eigenvalue weighted by molar-refractivity contribution is -0.127. The summed E-state index contributed by atoms with van der Waals surface area (Å²) in [5, 5.41) is 13.8. The van der Waals surface area contributed by atoms with E-state index in [2.05, 4.69) is 22.0 Å². The summed E-state index contributed by atoms with van der Waals surface area (Å²) in [4.78, 5) is 18.3. The summed E-state index contributed by atoms with van der Waals surface area (Å²) in [6.45, 7) is 11.3. The molecule has 2 aliphatic rings. The van der Waals surface area contributed by atoms with Gasteiger partial charge in [-0.2, -0.15) is 0 Å². The molecule has 0 bridgehead atoms. The van der Waals surface area contributed by atoms with E-state index in [4.69, 9.17) is 9.47 Å². The monoisotopic (exact) mass is 434 g/mol. The van der Waals surface area contributed by atoms with Crippen LogP contribution in [0, 0.1) is 0 Å². The third-order valence-electron chi connectivity index (χ3n) is 6.10. The number of β-amino-alcohol motifs (C(OH)–C–C–N with tert-alkyl or cyclic N) is 1. The van der Waals surface area contributed by atoms with E-state index in [-0.39, 0.29) is 12.5 Å². The van der Waals surface area contributed by atoms with Gasteiger partial charge >= 0.3 is 0 Å².